The monoisotopic (exact) mass is 1860 g/mol. The lowest BCUT2D eigenvalue weighted by molar-refractivity contribution is -0.105. The van der Waals surface area contributed by atoms with Crippen LogP contribution in [0.25, 0.3) is 0 Å². The van der Waals surface area contributed by atoms with Crippen molar-refractivity contribution in [1.82, 2.24) is 98.0 Å². The molecule has 6 saturated heterocycles. The number of likely N-dealkylation sites (N-methyl/N-ethyl adjacent to an activating group) is 4. The van der Waals surface area contributed by atoms with E-state index in [9.17, 15) is 0 Å². The zero-order valence-corrected chi connectivity index (χ0v) is 90.0. The van der Waals surface area contributed by atoms with Gasteiger partial charge in [-0.3, -0.25) is 39.2 Å². The van der Waals surface area contributed by atoms with Gasteiger partial charge in [-0.15, -0.1) is 0 Å². The smallest absolute Gasteiger partial charge is 0.254 e. The van der Waals surface area contributed by atoms with Crippen LogP contribution in [0, 0.1) is 35.5 Å². The van der Waals surface area contributed by atoms with Gasteiger partial charge >= 0.3 is 0 Å². The van der Waals surface area contributed by atoms with Crippen LogP contribution in [0.15, 0.2) is 72.8 Å². The lowest BCUT2D eigenvalue weighted by Crippen LogP contribution is -2.62. The van der Waals surface area contributed by atoms with Crippen molar-refractivity contribution < 1.29 is 9.47 Å². The van der Waals surface area contributed by atoms with E-state index in [0.717, 1.165) is 143 Å². The molecule has 764 valence electrons. The molecule has 0 aromatic heterocycles. The van der Waals surface area contributed by atoms with E-state index < -0.39 is 0 Å². The minimum Gasteiger partial charge on any atom is -0.473 e. The largest absolute Gasteiger partial charge is 0.473 e. The van der Waals surface area contributed by atoms with Crippen LogP contribution in [0.3, 0.4) is 0 Å². The topological polar surface area (TPSA) is 83.3 Å². The Balaban J connectivity index is 0.000000117. The molecule has 2 spiro atoms. The number of ether oxygens (including phenoxy) is 2. The summed E-state index contributed by atoms with van der Waals surface area (Å²) < 4.78 is 12.3. The SMILES string of the molecule is C1=CN(C23CC4CC(CC(C4)C2)C3)CN1C12CC3CC(CC(C3)C1)C2.C1=CN(C2CCCCC2)CN1C1CCCCC1.C1CCC(N2CCN(C3CCCCC3)C2)CC1.C1CCC2(CC1)COC1=C3OCC4(CCCCC4)N3CN12.CC(C)N1C=CN(C(C)C)C1.CC(C)N1CCN(C(C)C)C1.CC1=C(C)N(C)CN1C.CC1C(C)N(C)CN1C.CN1C=CN(C)C1.CN1CCN(C)C1. The van der Waals surface area contributed by atoms with Crippen molar-refractivity contribution in [2.75, 3.05) is 176 Å². The van der Waals surface area contributed by atoms with Crippen molar-refractivity contribution in [2.45, 2.75) is 435 Å². The number of hydrogen-bond acceptors (Lipinski definition) is 22. The average Bonchev–Trinajstić information content (AvgIpc) is 1.59. The number of hydrogen-bond donors (Lipinski definition) is 0. The summed E-state index contributed by atoms with van der Waals surface area (Å²) in [4.78, 5) is 49.4. The fourth-order valence-corrected chi connectivity index (χ4v) is 29.7. The average molecular weight is 1860 g/mol. The van der Waals surface area contributed by atoms with Gasteiger partial charge in [0.15, 0.2) is 0 Å². The summed E-state index contributed by atoms with van der Waals surface area (Å²) in [5, 5.41) is 0. The molecule has 26 aliphatic rings. The molecular formula is C112H204N20O2. The Morgan fingerprint density at radius 3 is 0.910 bits per heavy atom. The summed E-state index contributed by atoms with van der Waals surface area (Å²) in [6.45, 7) is 47.5. The lowest BCUT2D eigenvalue weighted by Gasteiger charge is -2.62. The first-order valence-electron chi connectivity index (χ1n) is 56.5. The van der Waals surface area contributed by atoms with Gasteiger partial charge in [-0.1, -0.05) is 116 Å². The van der Waals surface area contributed by atoms with Gasteiger partial charge in [-0.2, -0.15) is 0 Å². The molecule has 8 bridgehead atoms. The van der Waals surface area contributed by atoms with Crippen molar-refractivity contribution in [1.29, 1.82) is 0 Å². The van der Waals surface area contributed by atoms with Crippen molar-refractivity contribution in [3.05, 3.63) is 72.8 Å². The van der Waals surface area contributed by atoms with Crippen LogP contribution in [-0.4, -0.2) is 356 Å². The van der Waals surface area contributed by atoms with Crippen molar-refractivity contribution in [2.24, 2.45) is 35.5 Å². The highest BCUT2D eigenvalue weighted by molar-refractivity contribution is 5.24. The molecule has 0 aromatic rings. The molecule has 0 aromatic carbocycles. The first kappa shape index (κ1) is 104. The van der Waals surface area contributed by atoms with Crippen LogP contribution < -0.4 is 0 Å². The number of allylic oxidation sites excluding steroid dienone is 2. The van der Waals surface area contributed by atoms with E-state index in [-0.39, 0.29) is 11.1 Å². The van der Waals surface area contributed by atoms with Crippen LogP contribution in [0.1, 0.15) is 353 Å². The molecule has 0 radical (unpaired) electrons. The fourth-order valence-electron chi connectivity index (χ4n) is 29.7. The lowest BCUT2D eigenvalue weighted by atomic mass is 9.52. The number of nitrogens with zero attached hydrogens (tertiary/aromatic N) is 20. The third-order valence-electron chi connectivity index (χ3n) is 38.3. The summed E-state index contributed by atoms with van der Waals surface area (Å²) >= 11 is 0. The van der Waals surface area contributed by atoms with E-state index >= 15 is 0 Å². The number of fused-ring (bicyclic) bond motifs is 4. The van der Waals surface area contributed by atoms with Crippen LogP contribution in [0.4, 0.5) is 0 Å². The minimum absolute atomic E-state index is 0.282. The van der Waals surface area contributed by atoms with E-state index in [2.05, 4.69) is 287 Å². The third-order valence-corrected chi connectivity index (χ3v) is 38.3. The zero-order valence-electron chi connectivity index (χ0n) is 90.0. The van der Waals surface area contributed by atoms with Gasteiger partial charge in [0.05, 0.1) is 77.8 Å². The Kier molecular flexibility index (Phi) is 36.7. The first-order chi connectivity index (χ1) is 64.4. The fraction of sp³-hybridized carbons (Fsp3) is 0.893. The maximum Gasteiger partial charge on any atom is 0.254 e. The van der Waals surface area contributed by atoms with Crippen molar-refractivity contribution in [3.63, 3.8) is 0 Å². The summed E-state index contributed by atoms with van der Waals surface area (Å²) in [5.41, 5.74) is 4.45. The Bertz CT molecular complexity index is 3440. The summed E-state index contributed by atoms with van der Waals surface area (Å²) in [5.74, 6) is 8.52. The van der Waals surface area contributed by atoms with E-state index in [1.54, 1.807) is 38.5 Å². The van der Waals surface area contributed by atoms with Crippen LogP contribution >= 0.6 is 0 Å². The van der Waals surface area contributed by atoms with Gasteiger partial charge in [0.2, 0.25) is 0 Å². The Morgan fingerprint density at radius 1 is 0.299 bits per heavy atom. The second-order valence-corrected chi connectivity index (χ2v) is 49.5. The van der Waals surface area contributed by atoms with Crippen molar-refractivity contribution >= 4 is 0 Å². The van der Waals surface area contributed by atoms with E-state index in [1.165, 1.54) is 302 Å². The standard InChI is InChI=1S/C23H34N2.C17H26N2O2.C15H28N2.C15H26N2.C9H20N2.C9H18N2.C7H16N2.C7H14N2.C5H12N2.C5H10N2/c1-2-25(23-12-19-6-20(13-23)8-21(7-19)14-23)15-24(1)22-9-16-3-17(10-22)5-18(4-16)11-22;1-3-7-16(8-4-1)11-20-14-15-19(13-18(14)16)17(12-21-15)9-5-2-6-10-17;2*1-3-7-14(8-4-1)16-11-12-17(13-16)15-9-5-2-6-10-15;2*1-8(2)10-5-6-11(7-10)9(3)4;2*1-6-7(2)9(4)5-8(6)3;2*1-6-3-4-7(2)5-6/h1-2,16-21H,3-15H2;1-13H2;14-15H,1-13H2;11-12,14-15H,1-10,13H2;8-9H,5-7H2,1-4H3;5-6,8-9H,7H2,1-4H3;6-7H,5H2,1-4H3;5H2,1-4H3;3-5H2,1-2H3;3-4H,5H2,1-2H3. The highest BCUT2D eigenvalue weighted by atomic mass is 16.6. The molecule has 22 nitrogen and oxygen atoms in total. The Labute approximate surface area is 821 Å². The highest BCUT2D eigenvalue weighted by Crippen LogP contribution is 2.62. The minimum atomic E-state index is 0.282. The third kappa shape index (κ3) is 25.9. The Morgan fingerprint density at radius 2 is 0.642 bits per heavy atom. The van der Waals surface area contributed by atoms with Gasteiger partial charge in [-0.25, -0.2) is 0 Å². The molecule has 0 amide bonds. The molecule has 22 heteroatoms. The zero-order chi connectivity index (χ0) is 94.6. The molecule has 20 fully saturated rings. The normalized spacial score (nSPS) is 33.1. The van der Waals surface area contributed by atoms with Gasteiger partial charge in [0, 0.05) is 200 Å². The van der Waals surface area contributed by atoms with Gasteiger partial charge < -0.3 is 68.3 Å². The molecule has 2 atom stereocenters. The van der Waals surface area contributed by atoms with Crippen LogP contribution in [0.2, 0.25) is 0 Å². The maximum absolute atomic E-state index is 6.16. The Hall–Kier alpha value is -4.68. The quantitative estimate of drug-likeness (QED) is 0.208. The molecule has 26 rings (SSSR count). The maximum atomic E-state index is 6.16. The van der Waals surface area contributed by atoms with E-state index in [0.29, 0.717) is 35.2 Å². The van der Waals surface area contributed by atoms with Crippen molar-refractivity contribution in [3.8, 4) is 0 Å². The second kappa shape index (κ2) is 47.5. The molecule has 134 heavy (non-hydrogen) atoms. The molecule has 12 heterocycles. The van der Waals surface area contributed by atoms with E-state index in [1.807, 2.05) is 0 Å². The molecule has 12 aliphatic heterocycles. The van der Waals surface area contributed by atoms with Gasteiger partial charge in [0.1, 0.15) is 13.2 Å². The summed E-state index contributed by atoms with van der Waals surface area (Å²) in [6.07, 6.45) is 79.3. The van der Waals surface area contributed by atoms with E-state index in [4.69, 9.17) is 9.47 Å². The first-order valence-corrected chi connectivity index (χ1v) is 56.5. The van der Waals surface area contributed by atoms with Crippen LogP contribution in [-0.2, 0) is 9.47 Å². The molecule has 0 N–H and O–H groups in total. The molecular weight excluding hydrogens is 1660 g/mol. The summed E-state index contributed by atoms with van der Waals surface area (Å²) in [7, 11) is 17.0. The molecule has 14 saturated carbocycles. The summed E-state index contributed by atoms with van der Waals surface area (Å²) in [6, 6.07) is 7.63. The highest BCUT2D eigenvalue weighted by Gasteiger charge is 2.60. The van der Waals surface area contributed by atoms with Crippen LogP contribution in [0.5, 0.6) is 0 Å². The van der Waals surface area contributed by atoms with Gasteiger partial charge in [0.25, 0.3) is 11.8 Å². The number of rotatable bonds is 10. The molecule has 14 aliphatic carbocycles. The predicted octanol–water partition coefficient (Wildman–Crippen LogP) is 20.1. The second-order valence-electron chi connectivity index (χ2n) is 49.5. The molecule has 2 unspecified atom stereocenters. The van der Waals surface area contributed by atoms with Gasteiger partial charge in [-0.05, 0) is 301 Å². The predicted molar refractivity (Wildman–Crippen MR) is 556 cm³/mol.